The Hall–Kier alpha value is -0.620. The summed E-state index contributed by atoms with van der Waals surface area (Å²) in [7, 11) is 0.201. The minimum atomic E-state index is -3.19. The summed E-state index contributed by atoms with van der Waals surface area (Å²) in [5, 5.41) is -0.327. The maximum absolute atomic E-state index is 12.6. The number of carbonyl (C=O) groups is 1. The lowest BCUT2D eigenvalue weighted by Crippen LogP contribution is -2.44. The highest BCUT2D eigenvalue weighted by atomic mass is 32.2. The molecular formula is C15H28N2O3S. The number of rotatable bonds is 4. The summed E-state index contributed by atoms with van der Waals surface area (Å²) >= 11 is 0. The van der Waals surface area contributed by atoms with E-state index in [-0.39, 0.29) is 17.1 Å². The van der Waals surface area contributed by atoms with Crippen molar-refractivity contribution in [2.24, 2.45) is 5.92 Å². The van der Waals surface area contributed by atoms with E-state index >= 15 is 0 Å². The molecule has 0 radical (unpaired) electrons. The predicted molar refractivity (Wildman–Crippen MR) is 83.4 cm³/mol. The van der Waals surface area contributed by atoms with E-state index < -0.39 is 10.0 Å². The van der Waals surface area contributed by atoms with Crippen LogP contribution in [0.4, 0.5) is 0 Å². The number of hydrogen-bond donors (Lipinski definition) is 1. The number of hydrogen-bond acceptors (Lipinski definition) is 3. The molecule has 0 unspecified atom stereocenters. The molecule has 0 heterocycles. The average molecular weight is 316 g/mol. The highest BCUT2D eigenvalue weighted by molar-refractivity contribution is 7.90. The summed E-state index contributed by atoms with van der Waals surface area (Å²) in [6.07, 6.45) is 8.53. The first kappa shape index (κ1) is 16.7. The lowest BCUT2D eigenvalue weighted by Gasteiger charge is -2.35. The fourth-order valence-corrected chi connectivity index (χ4v) is 4.95. The predicted octanol–water partition coefficient (Wildman–Crippen LogP) is 1.89. The maximum atomic E-state index is 12.6. The van der Waals surface area contributed by atoms with Gasteiger partial charge >= 0.3 is 0 Å². The second-order valence-electron chi connectivity index (χ2n) is 6.46. The zero-order valence-corrected chi connectivity index (χ0v) is 14.0. The monoisotopic (exact) mass is 316 g/mol. The normalized spacial score (nSPS) is 28.3. The van der Waals surface area contributed by atoms with E-state index in [9.17, 15) is 13.2 Å². The van der Waals surface area contributed by atoms with E-state index in [1.807, 2.05) is 11.9 Å². The number of nitrogens with zero attached hydrogens (tertiary/aromatic N) is 1. The third-order valence-corrected chi connectivity index (χ3v) is 7.13. The van der Waals surface area contributed by atoms with Crippen molar-refractivity contribution < 1.29 is 13.2 Å². The Kier molecular flexibility index (Phi) is 5.66. The fraction of sp³-hybridized carbons (Fsp3) is 0.933. The van der Waals surface area contributed by atoms with Crippen molar-refractivity contribution in [1.82, 2.24) is 9.62 Å². The fourth-order valence-electron chi connectivity index (χ4n) is 3.72. The molecular weight excluding hydrogens is 288 g/mol. The molecule has 0 atom stereocenters. The molecule has 5 nitrogen and oxygen atoms in total. The molecule has 0 saturated heterocycles. The van der Waals surface area contributed by atoms with E-state index in [1.165, 1.54) is 26.3 Å². The quantitative estimate of drug-likeness (QED) is 0.861. The van der Waals surface area contributed by atoms with Crippen molar-refractivity contribution in [3.63, 3.8) is 0 Å². The Bertz CT molecular complexity index is 450. The van der Waals surface area contributed by atoms with Gasteiger partial charge in [0.25, 0.3) is 0 Å². The third-order valence-electron chi connectivity index (χ3n) is 5.22. The van der Waals surface area contributed by atoms with Gasteiger partial charge in [0.2, 0.25) is 15.9 Å². The van der Waals surface area contributed by atoms with Gasteiger partial charge in [0.15, 0.2) is 0 Å². The minimum absolute atomic E-state index is 0.0141. The van der Waals surface area contributed by atoms with Crippen molar-refractivity contribution >= 4 is 15.9 Å². The van der Waals surface area contributed by atoms with Crippen LogP contribution in [0.3, 0.4) is 0 Å². The van der Waals surface area contributed by atoms with Gasteiger partial charge in [-0.1, -0.05) is 19.3 Å². The first-order chi connectivity index (χ1) is 9.95. The molecule has 2 aliphatic rings. The molecule has 6 heteroatoms. The topological polar surface area (TPSA) is 66.5 Å². The molecule has 1 amide bonds. The molecule has 122 valence electrons. The summed E-state index contributed by atoms with van der Waals surface area (Å²) in [6.45, 7) is 0. The molecule has 0 spiro atoms. The highest BCUT2D eigenvalue weighted by Gasteiger charge is 2.35. The smallest absolute Gasteiger partial charge is 0.225 e. The number of sulfonamides is 1. The van der Waals surface area contributed by atoms with E-state index in [4.69, 9.17) is 0 Å². The SMILES string of the molecule is CNS(=O)(=O)C1CCC(C(=O)N(C)C2CCCCC2)CC1. The van der Waals surface area contributed by atoms with E-state index in [0.717, 1.165) is 12.8 Å². The molecule has 0 bridgehead atoms. The van der Waals surface area contributed by atoms with Gasteiger partial charge in [-0.25, -0.2) is 13.1 Å². The van der Waals surface area contributed by atoms with E-state index in [0.29, 0.717) is 31.7 Å². The minimum Gasteiger partial charge on any atom is -0.343 e. The molecule has 2 rings (SSSR count). The zero-order chi connectivity index (χ0) is 15.5. The average Bonchev–Trinajstić information content (AvgIpc) is 2.54. The van der Waals surface area contributed by atoms with Crippen LogP contribution in [-0.4, -0.2) is 44.6 Å². The van der Waals surface area contributed by atoms with Crippen LogP contribution in [0.2, 0.25) is 0 Å². The molecule has 2 aliphatic carbocycles. The summed E-state index contributed by atoms with van der Waals surface area (Å²) in [4.78, 5) is 14.5. The van der Waals surface area contributed by atoms with Crippen molar-refractivity contribution in [3.8, 4) is 0 Å². The zero-order valence-electron chi connectivity index (χ0n) is 13.2. The Balaban J connectivity index is 1.88. The standard InChI is InChI=1S/C15H28N2O3S/c1-16-21(19,20)14-10-8-12(9-11-14)15(18)17(2)13-6-4-3-5-7-13/h12-14,16H,3-11H2,1-2H3. The number of nitrogens with one attached hydrogen (secondary N) is 1. The second-order valence-corrected chi connectivity index (χ2v) is 8.63. The van der Waals surface area contributed by atoms with Crippen LogP contribution < -0.4 is 4.72 Å². The van der Waals surface area contributed by atoms with Gasteiger partial charge < -0.3 is 4.90 Å². The largest absolute Gasteiger partial charge is 0.343 e. The Morgan fingerprint density at radius 1 is 1.00 bits per heavy atom. The Labute approximate surface area is 128 Å². The van der Waals surface area contributed by atoms with Crippen LogP contribution in [0.1, 0.15) is 57.8 Å². The molecule has 0 aromatic heterocycles. The van der Waals surface area contributed by atoms with Gasteiger partial charge in [0.1, 0.15) is 0 Å². The number of carbonyl (C=O) groups excluding carboxylic acids is 1. The van der Waals surface area contributed by atoms with Gasteiger partial charge in [-0.2, -0.15) is 0 Å². The summed E-state index contributed by atoms with van der Waals surface area (Å²) in [5.74, 6) is 0.238. The summed E-state index contributed by atoms with van der Waals surface area (Å²) < 4.78 is 26.0. The molecule has 2 saturated carbocycles. The summed E-state index contributed by atoms with van der Waals surface area (Å²) in [6, 6.07) is 0.394. The van der Waals surface area contributed by atoms with Crippen molar-refractivity contribution in [3.05, 3.63) is 0 Å². The van der Waals surface area contributed by atoms with Crippen LogP contribution >= 0.6 is 0 Å². The molecule has 0 aromatic rings. The van der Waals surface area contributed by atoms with Crippen LogP contribution in [-0.2, 0) is 14.8 Å². The molecule has 21 heavy (non-hydrogen) atoms. The Morgan fingerprint density at radius 3 is 2.10 bits per heavy atom. The highest BCUT2D eigenvalue weighted by Crippen LogP contribution is 2.31. The molecule has 0 aliphatic heterocycles. The van der Waals surface area contributed by atoms with Crippen LogP contribution in [0.15, 0.2) is 0 Å². The van der Waals surface area contributed by atoms with Gasteiger partial charge in [-0.3, -0.25) is 4.79 Å². The Morgan fingerprint density at radius 2 is 1.57 bits per heavy atom. The van der Waals surface area contributed by atoms with E-state index in [2.05, 4.69) is 4.72 Å². The van der Waals surface area contributed by atoms with Crippen LogP contribution in [0.5, 0.6) is 0 Å². The first-order valence-electron chi connectivity index (χ1n) is 8.14. The first-order valence-corrected chi connectivity index (χ1v) is 9.69. The lowest BCUT2D eigenvalue weighted by molar-refractivity contribution is -0.137. The lowest BCUT2D eigenvalue weighted by atomic mass is 9.86. The molecule has 1 N–H and O–H groups in total. The van der Waals surface area contributed by atoms with Crippen molar-refractivity contribution in [1.29, 1.82) is 0 Å². The molecule has 2 fully saturated rings. The second kappa shape index (κ2) is 7.09. The van der Waals surface area contributed by atoms with Gasteiger partial charge in [0.05, 0.1) is 5.25 Å². The van der Waals surface area contributed by atoms with Crippen LogP contribution in [0.25, 0.3) is 0 Å². The number of amides is 1. The van der Waals surface area contributed by atoms with E-state index in [1.54, 1.807) is 0 Å². The maximum Gasteiger partial charge on any atom is 0.225 e. The summed E-state index contributed by atoms with van der Waals surface area (Å²) in [5.41, 5.74) is 0. The van der Waals surface area contributed by atoms with Gasteiger partial charge in [-0.05, 0) is 45.6 Å². The molecule has 0 aromatic carbocycles. The third kappa shape index (κ3) is 3.97. The van der Waals surface area contributed by atoms with Gasteiger partial charge in [0, 0.05) is 19.0 Å². The van der Waals surface area contributed by atoms with Crippen molar-refractivity contribution in [2.45, 2.75) is 69.1 Å². The van der Waals surface area contributed by atoms with Crippen molar-refractivity contribution in [2.75, 3.05) is 14.1 Å². The van der Waals surface area contributed by atoms with Crippen LogP contribution in [0, 0.1) is 5.92 Å². The van der Waals surface area contributed by atoms with Gasteiger partial charge in [-0.15, -0.1) is 0 Å².